The third-order valence-corrected chi connectivity index (χ3v) is 5.48. The van der Waals surface area contributed by atoms with Gasteiger partial charge in [0, 0.05) is 44.4 Å². The molecule has 1 aromatic rings. The minimum atomic E-state index is -0.446. The first-order valence-corrected chi connectivity index (χ1v) is 8.85. The van der Waals surface area contributed by atoms with Gasteiger partial charge in [0.05, 0.1) is 11.2 Å². The molecule has 7 nitrogen and oxygen atoms in total. The Morgan fingerprint density at radius 1 is 1.28 bits per heavy atom. The second-order valence-corrected chi connectivity index (χ2v) is 7.93. The molecule has 0 spiro atoms. The molecule has 25 heavy (non-hydrogen) atoms. The smallest absolute Gasteiger partial charge is 0.399 e. The van der Waals surface area contributed by atoms with Gasteiger partial charge in [-0.3, -0.25) is 4.79 Å². The Labute approximate surface area is 149 Å². The van der Waals surface area contributed by atoms with Gasteiger partial charge in [-0.2, -0.15) is 0 Å². The SMILES string of the molecule is CC(=O)N1CC[C@H](CNc2ncc(B3OC(C)(C)C(C)(C)O3)cn2)C1. The second kappa shape index (κ2) is 6.57. The number of anilines is 1. The molecule has 0 radical (unpaired) electrons. The summed E-state index contributed by atoms with van der Waals surface area (Å²) in [7, 11) is -0.446. The fourth-order valence-electron chi connectivity index (χ4n) is 3.05. The maximum Gasteiger partial charge on any atom is 0.498 e. The lowest BCUT2D eigenvalue weighted by atomic mass is 9.81. The number of amides is 1. The van der Waals surface area contributed by atoms with Crippen molar-refractivity contribution < 1.29 is 14.1 Å². The highest BCUT2D eigenvalue weighted by Crippen LogP contribution is 2.36. The Hall–Kier alpha value is -1.67. The number of hydrogen-bond donors (Lipinski definition) is 1. The number of hydrogen-bond acceptors (Lipinski definition) is 6. The van der Waals surface area contributed by atoms with Gasteiger partial charge in [0.1, 0.15) is 0 Å². The number of likely N-dealkylation sites (tertiary alicyclic amines) is 1. The summed E-state index contributed by atoms with van der Waals surface area (Å²) in [6.45, 7) is 12.1. The lowest BCUT2D eigenvalue weighted by Gasteiger charge is -2.32. The molecule has 1 aromatic heterocycles. The number of rotatable bonds is 4. The molecule has 1 amide bonds. The summed E-state index contributed by atoms with van der Waals surface area (Å²) in [5.41, 5.74) is 0.0621. The summed E-state index contributed by atoms with van der Waals surface area (Å²) >= 11 is 0. The van der Waals surface area contributed by atoms with Crippen LogP contribution in [0.1, 0.15) is 41.0 Å². The molecule has 1 atom stereocenters. The van der Waals surface area contributed by atoms with Crippen molar-refractivity contribution in [3.63, 3.8) is 0 Å². The quantitative estimate of drug-likeness (QED) is 0.822. The first-order valence-electron chi connectivity index (χ1n) is 8.85. The van der Waals surface area contributed by atoms with E-state index in [0.29, 0.717) is 11.9 Å². The normalized spacial score (nSPS) is 24.6. The zero-order chi connectivity index (χ0) is 18.2. The molecular weight excluding hydrogens is 319 g/mol. The summed E-state index contributed by atoms with van der Waals surface area (Å²) in [5, 5.41) is 3.25. The lowest BCUT2D eigenvalue weighted by molar-refractivity contribution is -0.127. The van der Waals surface area contributed by atoms with Crippen LogP contribution in [0.2, 0.25) is 0 Å². The number of carbonyl (C=O) groups is 1. The first-order chi connectivity index (χ1) is 11.7. The Morgan fingerprint density at radius 2 is 1.88 bits per heavy atom. The third kappa shape index (κ3) is 3.79. The molecule has 136 valence electrons. The number of nitrogens with one attached hydrogen (secondary N) is 1. The van der Waals surface area contributed by atoms with Crippen molar-refractivity contribution in [2.75, 3.05) is 25.0 Å². The molecule has 0 saturated carbocycles. The molecular formula is C17H27BN4O3. The van der Waals surface area contributed by atoms with Crippen LogP contribution in [0.4, 0.5) is 5.95 Å². The van der Waals surface area contributed by atoms with Gasteiger partial charge in [-0.05, 0) is 40.0 Å². The van der Waals surface area contributed by atoms with Gasteiger partial charge in [0.15, 0.2) is 0 Å². The van der Waals surface area contributed by atoms with Crippen molar-refractivity contribution in [3.8, 4) is 0 Å². The predicted octanol–water partition coefficient (Wildman–Crippen LogP) is 1.06. The molecule has 3 heterocycles. The van der Waals surface area contributed by atoms with Crippen LogP contribution in [-0.2, 0) is 14.1 Å². The molecule has 3 rings (SSSR count). The fraction of sp³-hybridized carbons (Fsp3) is 0.706. The molecule has 2 fully saturated rings. The van der Waals surface area contributed by atoms with Crippen molar-refractivity contribution in [2.45, 2.75) is 52.2 Å². The maximum atomic E-state index is 11.4. The van der Waals surface area contributed by atoms with E-state index in [4.69, 9.17) is 9.31 Å². The predicted molar refractivity (Wildman–Crippen MR) is 96.6 cm³/mol. The van der Waals surface area contributed by atoms with Crippen LogP contribution in [-0.4, -0.2) is 58.7 Å². The van der Waals surface area contributed by atoms with Crippen molar-refractivity contribution >= 4 is 24.4 Å². The Morgan fingerprint density at radius 3 is 2.40 bits per heavy atom. The van der Waals surface area contributed by atoms with Crippen molar-refractivity contribution in [1.82, 2.24) is 14.9 Å². The number of aromatic nitrogens is 2. The number of nitrogens with zero attached hydrogens (tertiary/aromatic N) is 3. The van der Waals surface area contributed by atoms with E-state index < -0.39 is 7.12 Å². The van der Waals surface area contributed by atoms with Crippen LogP contribution in [0.15, 0.2) is 12.4 Å². The van der Waals surface area contributed by atoms with Crippen LogP contribution in [0.25, 0.3) is 0 Å². The van der Waals surface area contributed by atoms with Gasteiger partial charge in [0.2, 0.25) is 11.9 Å². The van der Waals surface area contributed by atoms with E-state index in [9.17, 15) is 4.79 Å². The lowest BCUT2D eigenvalue weighted by Crippen LogP contribution is -2.41. The van der Waals surface area contributed by atoms with E-state index in [1.165, 1.54) is 0 Å². The molecule has 0 bridgehead atoms. The summed E-state index contributed by atoms with van der Waals surface area (Å²) in [6, 6.07) is 0. The highest BCUT2D eigenvalue weighted by molar-refractivity contribution is 6.61. The van der Waals surface area contributed by atoms with Crippen molar-refractivity contribution in [2.24, 2.45) is 5.92 Å². The van der Waals surface area contributed by atoms with Crippen molar-refractivity contribution in [1.29, 1.82) is 0 Å². The van der Waals surface area contributed by atoms with E-state index in [0.717, 1.165) is 31.5 Å². The van der Waals surface area contributed by atoms with Crippen LogP contribution in [0.3, 0.4) is 0 Å². The van der Waals surface area contributed by atoms with Crippen LogP contribution >= 0.6 is 0 Å². The highest BCUT2D eigenvalue weighted by Gasteiger charge is 2.51. The van der Waals surface area contributed by atoms with Gasteiger partial charge < -0.3 is 19.5 Å². The van der Waals surface area contributed by atoms with Crippen LogP contribution in [0, 0.1) is 5.92 Å². The van der Waals surface area contributed by atoms with E-state index in [-0.39, 0.29) is 17.1 Å². The van der Waals surface area contributed by atoms with E-state index in [1.54, 1.807) is 19.3 Å². The standard InChI is InChI=1S/C17H27BN4O3/c1-12(23)22-7-6-13(11-22)8-19-15-20-9-14(10-21-15)18-24-16(2,3)17(4,5)25-18/h9-10,13H,6-8,11H2,1-5H3,(H,19,20,21)/t13-/m1/s1. The number of carbonyl (C=O) groups excluding carboxylic acids is 1. The van der Waals surface area contributed by atoms with Crippen LogP contribution in [0.5, 0.6) is 0 Å². The van der Waals surface area contributed by atoms with E-state index in [1.807, 2.05) is 32.6 Å². The zero-order valence-corrected chi connectivity index (χ0v) is 15.7. The van der Waals surface area contributed by atoms with E-state index >= 15 is 0 Å². The van der Waals surface area contributed by atoms with Gasteiger partial charge in [-0.1, -0.05) is 0 Å². The molecule has 2 aliphatic heterocycles. The molecule has 2 aliphatic rings. The first kappa shape index (κ1) is 18.1. The van der Waals surface area contributed by atoms with Gasteiger partial charge >= 0.3 is 7.12 Å². The molecule has 0 unspecified atom stereocenters. The average Bonchev–Trinajstić information content (AvgIpc) is 3.09. The minimum absolute atomic E-state index is 0.144. The van der Waals surface area contributed by atoms with Gasteiger partial charge in [-0.15, -0.1) is 0 Å². The largest absolute Gasteiger partial charge is 0.498 e. The molecule has 1 N–H and O–H groups in total. The summed E-state index contributed by atoms with van der Waals surface area (Å²) in [4.78, 5) is 22.0. The Kier molecular flexibility index (Phi) is 4.77. The minimum Gasteiger partial charge on any atom is -0.399 e. The third-order valence-electron chi connectivity index (χ3n) is 5.48. The molecule has 2 saturated heterocycles. The Balaban J connectivity index is 1.54. The summed E-state index contributed by atoms with van der Waals surface area (Å²) < 4.78 is 12.0. The van der Waals surface area contributed by atoms with Crippen molar-refractivity contribution in [3.05, 3.63) is 12.4 Å². The van der Waals surface area contributed by atoms with Crippen LogP contribution < -0.4 is 10.8 Å². The maximum absolute atomic E-state index is 11.4. The highest BCUT2D eigenvalue weighted by atomic mass is 16.7. The van der Waals surface area contributed by atoms with Gasteiger partial charge in [0.25, 0.3) is 0 Å². The summed E-state index contributed by atoms with van der Waals surface area (Å²) in [5.74, 6) is 1.17. The molecule has 0 aliphatic carbocycles. The second-order valence-electron chi connectivity index (χ2n) is 7.93. The molecule has 8 heteroatoms. The zero-order valence-electron chi connectivity index (χ0n) is 15.7. The summed E-state index contributed by atoms with van der Waals surface area (Å²) in [6.07, 6.45) is 4.50. The van der Waals surface area contributed by atoms with Gasteiger partial charge in [-0.25, -0.2) is 9.97 Å². The molecule has 0 aromatic carbocycles. The van der Waals surface area contributed by atoms with E-state index in [2.05, 4.69) is 15.3 Å². The topological polar surface area (TPSA) is 76.6 Å². The monoisotopic (exact) mass is 346 g/mol. The average molecular weight is 346 g/mol. The fourth-order valence-corrected chi connectivity index (χ4v) is 3.05. The Bertz CT molecular complexity index is 619.